The van der Waals surface area contributed by atoms with Crippen LogP contribution in [0.1, 0.15) is 5.69 Å². The fourth-order valence-corrected chi connectivity index (χ4v) is 4.31. The Labute approximate surface area is 134 Å². The van der Waals surface area contributed by atoms with Crippen LogP contribution in [0, 0.1) is 11.7 Å². The van der Waals surface area contributed by atoms with Gasteiger partial charge in [0.1, 0.15) is 5.82 Å². The van der Waals surface area contributed by atoms with E-state index in [4.69, 9.17) is 4.74 Å². The Hall–Kier alpha value is -1.77. The quantitative estimate of drug-likeness (QED) is 0.847. The van der Waals surface area contributed by atoms with Gasteiger partial charge in [-0.1, -0.05) is 6.07 Å². The molecule has 0 fully saturated rings. The Bertz CT molecular complexity index is 791. The van der Waals surface area contributed by atoms with Crippen LogP contribution in [0.2, 0.25) is 0 Å². The zero-order chi connectivity index (χ0) is 16.4. The van der Waals surface area contributed by atoms with Crippen molar-refractivity contribution in [1.82, 2.24) is 14.1 Å². The molecule has 3 rings (SSSR count). The molecule has 0 amide bonds. The largest absolute Gasteiger partial charge is 0.384 e. The molecule has 1 aliphatic heterocycles. The van der Waals surface area contributed by atoms with E-state index in [0.29, 0.717) is 19.7 Å². The van der Waals surface area contributed by atoms with Gasteiger partial charge >= 0.3 is 0 Å². The molecule has 124 valence electrons. The van der Waals surface area contributed by atoms with Gasteiger partial charge in [0, 0.05) is 32.3 Å². The van der Waals surface area contributed by atoms with Crippen molar-refractivity contribution in [3.05, 3.63) is 48.0 Å². The second-order valence-corrected chi connectivity index (χ2v) is 7.52. The maximum atomic E-state index is 13.4. The smallest absolute Gasteiger partial charge is 0.243 e. The van der Waals surface area contributed by atoms with Gasteiger partial charge in [-0.25, -0.2) is 12.8 Å². The van der Waals surface area contributed by atoms with E-state index in [0.717, 1.165) is 11.8 Å². The van der Waals surface area contributed by atoms with Crippen LogP contribution >= 0.6 is 0 Å². The predicted octanol–water partition coefficient (Wildman–Crippen LogP) is 1.49. The minimum absolute atomic E-state index is 0.0236. The van der Waals surface area contributed by atoms with Gasteiger partial charge in [0.2, 0.25) is 10.0 Å². The molecule has 0 N–H and O–H groups in total. The van der Waals surface area contributed by atoms with Crippen molar-refractivity contribution >= 4 is 10.0 Å². The second-order valence-electron chi connectivity index (χ2n) is 5.58. The molecule has 1 aromatic carbocycles. The molecule has 0 spiro atoms. The summed E-state index contributed by atoms with van der Waals surface area (Å²) in [6.07, 6.45) is 1.65. The molecule has 8 heteroatoms. The van der Waals surface area contributed by atoms with E-state index in [2.05, 4.69) is 5.10 Å². The monoisotopic (exact) mass is 339 g/mol. The molecule has 0 saturated heterocycles. The first-order valence-corrected chi connectivity index (χ1v) is 8.70. The van der Waals surface area contributed by atoms with Crippen LogP contribution in [0.15, 0.2) is 41.4 Å². The first-order valence-electron chi connectivity index (χ1n) is 7.26. The van der Waals surface area contributed by atoms with Crippen molar-refractivity contribution in [3.63, 3.8) is 0 Å². The maximum Gasteiger partial charge on any atom is 0.243 e. The number of aromatic nitrogens is 2. The molecule has 2 heterocycles. The summed E-state index contributed by atoms with van der Waals surface area (Å²) in [4.78, 5) is -0.0402. The lowest BCUT2D eigenvalue weighted by Crippen LogP contribution is -2.35. The van der Waals surface area contributed by atoms with Crippen molar-refractivity contribution < 1.29 is 17.5 Å². The molecule has 6 nitrogen and oxygen atoms in total. The summed E-state index contributed by atoms with van der Waals surface area (Å²) in [5, 5.41) is 4.23. The first-order chi connectivity index (χ1) is 11.0. The van der Waals surface area contributed by atoms with Gasteiger partial charge in [-0.05, 0) is 24.3 Å². The van der Waals surface area contributed by atoms with Crippen LogP contribution in [-0.2, 0) is 27.8 Å². The minimum Gasteiger partial charge on any atom is -0.384 e. The number of hydrogen-bond donors (Lipinski definition) is 0. The topological polar surface area (TPSA) is 64.4 Å². The molecule has 0 bridgehead atoms. The number of sulfonamides is 1. The van der Waals surface area contributed by atoms with Crippen LogP contribution in [-0.4, -0.2) is 42.8 Å². The van der Waals surface area contributed by atoms with E-state index in [9.17, 15) is 12.8 Å². The van der Waals surface area contributed by atoms with Gasteiger partial charge in [0.25, 0.3) is 0 Å². The molecule has 2 aromatic rings. The lowest BCUT2D eigenvalue weighted by molar-refractivity contribution is 0.133. The summed E-state index contributed by atoms with van der Waals surface area (Å²) < 4.78 is 47.5. The summed E-state index contributed by atoms with van der Waals surface area (Å²) >= 11 is 0. The fourth-order valence-electron chi connectivity index (χ4n) is 2.80. The predicted molar refractivity (Wildman–Crippen MR) is 81.6 cm³/mol. The van der Waals surface area contributed by atoms with Crippen LogP contribution in [0.4, 0.5) is 4.39 Å². The standard InChI is InChI=1S/C15H18FN3O3S/c1-22-11-12-8-18(10-14-5-6-17-19(14)9-12)23(20,21)15-4-2-3-13(16)7-15/h2-7,12H,8-11H2,1H3. The minimum atomic E-state index is -3.78. The van der Waals surface area contributed by atoms with Crippen LogP contribution in [0.25, 0.3) is 0 Å². The summed E-state index contributed by atoms with van der Waals surface area (Å²) in [5.41, 5.74) is 0.809. The number of ether oxygens (including phenoxy) is 1. The zero-order valence-electron chi connectivity index (χ0n) is 12.7. The molecule has 1 aromatic heterocycles. The molecule has 0 saturated carbocycles. The Balaban J connectivity index is 1.97. The Morgan fingerprint density at radius 1 is 1.35 bits per heavy atom. The molecule has 1 atom stereocenters. The number of halogens is 1. The van der Waals surface area contributed by atoms with E-state index in [1.165, 1.54) is 22.5 Å². The molecule has 23 heavy (non-hydrogen) atoms. The van der Waals surface area contributed by atoms with E-state index in [1.54, 1.807) is 24.1 Å². The van der Waals surface area contributed by atoms with Crippen LogP contribution in [0.5, 0.6) is 0 Å². The normalized spacial score (nSPS) is 19.3. The summed E-state index contributed by atoms with van der Waals surface area (Å²) in [6, 6.07) is 6.87. The number of rotatable bonds is 4. The van der Waals surface area contributed by atoms with Crippen LogP contribution in [0.3, 0.4) is 0 Å². The zero-order valence-corrected chi connectivity index (χ0v) is 13.5. The molecular formula is C15H18FN3O3S. The highest BCUT2D eigenvalue weighted by atomic mass is 32.2. The highest BCUT2D eigenvalue weighted by Crippen LogP contribution is 2.24. The molecular weight excluding hydrogens is 321 g/mol. The van der Waals surface area contributed by atoms with Gasteiger partial charge in [-0.2, -0.15) is 9.40 Å². The fraction of sp³-hybridized carbons (Fsp3) is 0.400. The van der Waals surface area contributed by atoms with E-state index < -0.39 is 15.8 Å². The Morgan fingerprint density at radius 2 is 2.17 bits per heavy atom. The third-order valence-electron chi connectivity index (χ3n) is 3.87. The Kier molecular flexibility index (Phi) is 4.47. The van der Waals surface area contributed by atoms with E-state index >= 15 is 0 Å². The average Bonchev–Trinajstić information content (AvgIpc) is 2.86. The first kappa shape index (κ1) is 16.1. The van der Waals surface area contributed by atoms with Gasteiger partial charge < -0.3 is 4.74 Å². The molecule has 0 aliphatic carbocycles. The highest BCUT2D eigenvalue weighted by Gasteiger charge is 2.31. The molecule has 1 aliphatic rings. The molecule has 1 unspecified atom stereocenters. The summed E-state index contributed by atoms with van der Waals surface area (Å²) in [6.45, 7) is 1.52. The number of benzene rings is 1. The number of hydrogen-bond acceptors (Lipinski definition) is 4. The van der Waals surface area contributed by atoms with Crippen molar-refractivity contribution in [1.29, 1.82) is 0 Å². The Morgan fingerprint density at radius 3 is 2.91 bits per heavy atom. The van der Waals surface area contributed by atoms with Crippen LogP contribution < -0.4 is 0 Å². The number of nitrogens with zero attached hydrogens (tertiary/aromatic N) is 3. The van der Waals surface area contributed by atoms with Crippen molar-refractivity contribution in [2.45, 2.75) is 18.0 Å². The van der Waals surface area contributed by atoms with Crippen molar-refractivity contribution in [2.24, 2.45) is 5.92 Å². The summed E-state index contributed by atoms with van der Waals surface area (Å²) in [7, 11) is -2.20. The lowest BCUT2D eigenvalue weighted by atomic mass is 10.1. The van der Waals surface area contributed by atoms with Gasteiger partial charge in [0.15, 0.2) is 0 Å². The SMILES string of the molecule is COCC1CN(S(=O)(=O)c2cccc(F)c2)Cc2ccnn2C1. The van der Waals surface area contributed by atoms with Gasteiger partial charge in [-0.3, -0.25) is 4.68 Å². The van der Waals surface area contributed by atoms with Gasteiger partial charge in [0.05, 0.1) is 23.7 Å². The lowest BCUT2D eigenvalue weighted by Gasteiger charge is -2.23. The number of fused-ring (bicyclic) bond motifs is 1. The maximum absolute atomic E-state index is 13.4. The van der Waals surface area contributed by atoms with Crippen molar-refractivity contribution in [3.8, 4) is 0 Å². The van der Waals surface area contributed by atoms with Crippen molar-refractivity contribution in [2.75, 3.05) is 20.3 Å². The average molecular weight is 339 g/mol. The van der Waals surface area contributed by atoms with E-state index in [1.807, 2.05) is 0 Å². The van der Waals surface area contributed by atoms with E-state index in [-0.39, 0.29) is 17.4 Å². The van der Waals surface area contributed by atoms with Gasteiger partial charge in [-0.15, -0.1) is 0 Å². The molecule has 0 radical (unpaired) electrons. The third-order valence-corrected chi connectivity index (χ3v) is 5.68. The second kappa shape index (κ2) is 6.38. The highest BCUT2D eigenvalue weighted by molar-refractivity contribution is 7.89. The number of methoxy groups -OCH3 is 1. The summed E-state index contributed by atoms with van der Waals surface area (Å²) in [5.74, 6) is -0.594. The third kappa shape index (κ3) is 3.29.